The van der Waals surface area contributed by atoms with Gasteiger partial charge in [-0.1, -0.05) is 22.9 Å². The summed E-state index contributed by atoms with van der Waals surface area (Å²) < 4.78 is 5.94. The predicted molar refractivity (Wildman–Crippen MR) is 74.1 cm³/mol. The molecule has 1 aromatic rings. The van der Waals surface area contributed by atoms with Crippen LogP contribution in [-0.4, -0.2) is 23.2 Å². The topological polar surface area (TPSA) is 42.4 Å². The van der Waals surface area contributed by atoms with Gasteiger partial charge in [0.15, 0.2) is 9.07 Å². The fraction of sp³-hybridized carbons (Fsp3) is 0.600. The maximum atomic E-state index is 12.0. The fourth-order valence-electron chi connectivity index (χ4n) is 1.11. The molecule has 0 atom stereocenters. The van der Waals surface area contributed by atoms with Gasteiger partial charge in [0.1, 0.15) is 10.6 Å². The van der Waals surface area contributed by atoms with Crippen LogP contribution in [0.15, 0.2) is 3.92 Å². The maximum absolute atomic E-state index is 12.0. The third-order valence-electron chi connectivity index (χ3n) is 1.72. The van der Waals surface area contributed by atoms with E-state index in [0.717, 1.165) is 0 Å². The van der Waals surface area contributed by atoms with Gasteiger partial charge < -0.3 is 4.74 Å². The summed E-state index contributed by atoms with van der Waals surface area (Å²) in [7, 11) is 0. The van der Waals surface area contributed by atoms with Crippen molar-refractivity contribution in [2.24, 2.45) is 0 Å². The van der Waals surface area contributed by atoms with Crippen molar-refractivity contribution in [3.63, 3.8) is 0 Å². The number of carbonyl (C=O) groups is 1. The lowest BCUT2D eigenvalue weighted by Gasteiger charge is -2.25. The SMILES string of the molecule is CCN(C(=O)OC(C)(C)C)c1sc(Br)nc1Cl. The van der Waals surface area contributed by atoms with E-state index in [2.05, 4.69) is 20.9 Å². The second-order valence-electron chi connectivity index (χ2n) is 4.29. The number of hydrogen-bond donors (Lipinski definition) is 0. The Morgan fingerprint density at radius 3 is 2.53 bits per heavy atom. The lowest BCUT2D eigenvalue weighted by molar-refractivity contribution is 0.0583. The first kappa shape index (κ1) is 14.7. The van der Waals surface area contributed by atoms with Crippen molar-refractivity contribution < 1.29 is 9.53 Å². The molecule has 0 aliphatic rings. The summed E-state index contributed by atoms with van der Waals surface area (Å²) in [6.07, 6.45) is -0.418. The molecule has 4 nitrogen and oxygen atoms in total. The van der Waals surface area contributed by atoms with E-state index in [1.54, 1.807) is 0 Å². The lowest BCUT2D eigenvalue weighted by atomic mass is 10.2. The fourth-order valence-corrected chi connectivity index (χ4v) is 2.94. The Labute approximate surface area is 118 Å². The van der Waals surface area contributed by atoms with E-state index < -0.39 is 11.7 Å². The van der Waals surface area contributed by atoms with Crippen molar-refractivity contribution in [3.05, 3.63) is 9.07 Å². The molecule has 0 N–H and O–H groups in total. The van der Waals surface area contributed by atoms with Crippen LogP contribution in [0.2, 0.25) is 5.15 Å². The molecule has 0 aromatic carbocycles. The number of aromatic nitrogens is 1. The number of hydrogen-bond acceptors (Lipinski definition) is 4. The van der Waals surface area contributed by atoms with Crippen LogP contribution in [0.5, 0.6) is 0 Å². The molecule has 0 spiro atoms. The van der Waals surface area contributed by atoms with Crippen molar-refractivity contribution in [1.29, 1.82) is 0 Å². The molecule has 0 unspecified atom stereocenters. The molecular formula is C10H14BrClN2O2S. The summed E-state index contributed by atoms with van der Waals surface area (Å²) in [5.41, 5.74) is -0.529. The van der Waals surface area contributed by atoms with E-state index in [9.17, 15) is 4.79 Å². The van der Waals surface area contributed by atoms with Gasteiger partial charge in [-0.05, 0) is 43.6 Å². The second-order valence-corrected chi connectivity index (χ2v) is 6.90. The molecule has 0 saturated heterocycles. The summed E-state index contributed by atoms with van der Waals surface area (Å²) in [6, 6.07) is 0. The van der Waals surface area contributed by atoms with Crippen molar-refractivity contribution in [1.82, 2.24) is 4.98 Å². The average Bonchev–Trinajstić information content (AvgIpc) is 2.43. The third-order valence-corrected chi connectivity index (χ3v) is 3.62. The molecule has 0 saturated carbocycles. The Bertz CT molecular complexity index is 417. The second kappa shape index (κ2) is 5.54. The zero-order valence-electron chi connectivity index (χ0n) is 10.1. The van der Waals surface area contributed by atoms with Crippen LogP contribution in [-0.2, 0) is 4.74 Å². The van der Waals surface area contributed by atoms with Gasteiger partial charge in [-0.3, -0.25) is 4.90 Å². The molecular weight excluding hydrogens is 328 g/mol. The summed E-state index contributed by atoms with van der Waals surface area (Å²) in [5.74, 6) is 0. The number of halogens is 2. The number of amides is 1. The smallest absolute Gasteiger partial charge is 0.415 e. The molecule has 1 heterocycles. The highest BCUT2D eigenvalue weighted by molar-refractivity contribution is 9.11. The Kier molecular flexibility index (Phi) is 4.80. The molecule has 1 rings (SSSR count). The van der Waals surface area contributed by atoms with Crippen LogP contribution in [0, 0.1) is 0 Å². The van der Waals surface area contributed by atoms with Gasteiger partial charge in [0, 0.05) is 6.54 Å². The summed E-state index contributed by atoms with van der Waals surface area (Å²) in [6.45, 7) is 7.80. The first-order chi connectivity index (χ1) is 7.74. The summed E-state index contributed by atoms with van der Waals surface area (Å²) in [4.78, 5) is 17.4. The Morgan fingerprint density at radius 1 is 1.59 bits per heavy atom. The number of rotatable bonds is 2. The van der Waals surface area contributed by atoms with E-state index in [-0.39, 0.29) is 0 Å². The van der Waals surface area contributed by atoms with E-state index in [1.165, 1.54) is 16.2 Å². The van der Waals surface area contributed by atoms with Gasteiger partial charge in [0.25, 0.3) is 0 Å². The van der Waals surface area contributed by atoms with Crippen LogP contribution in [0.1, 0.15) is 27.7 Å². The van der Waals surface area contributed by atoms with E-state index in [4.69, 9.17) is 16.3 Å². The van der Waals surface area contributed by atoms with E-state index in [1.807, 2.05) is 27.7 Å². The highest BCUT2D eigenvalue weighted by atomic mass is 79.9. The molecule has 0 fully saturated rings. The molecule has 1 amide bonds. The number of anilines is 1. The summed E-state index contributed by atoms with van der Waals surface area (Å²) in [5, 5.41) is 0.893. The molecule has 0 aliphatic carbocycles. The van der Waals surface area contributed by atoms with E-state index >= 15 is 0 Å². The van der Waals surface area contributed by atoms with Crippen LogP contribution in [0.4, 0.5) is 9.80 Å². The highest BCUT2D eigenvalue weighted by Crippen LogP contribution is 2.35. The molecule has 0 aliphatic heterocycles. The van der Waals surface area contributed by atoms with Crippen LogP contribution >= 0.6 is 38.9 Å². The quantitative estimate of drug-likeness (QED) is 0.804. The minimum absolute atomic E-state index is 0.301. The molecule has 0 bridgehead atoms. The largest absolute Gasteiger partial charge is 0.443 e. The third kappa shape index (κ3) is 4.12. The lowest BCUT2D eigenvalue weighted by Crippen LogP contribution is -2.36. The van der Waals surface area contributed by atoms with Crippen LogP contribution in [0.25, 0.3) is 0 Å². The molecule has 0 radical (unpaired) electrons. The molecule has 17 heavy (non-hydrogen) atoms. The zero-order valence-corrected chi connectivity index (χ0v) is 13.2. The molecule has 1 aromatic heterocycles. The summed E-state index contributed by atoms with van der Waals surface area (Å²) >= 11 is 10.5. The van der Waals surface area contributed by atoms with Crippen molar-refractivity contribution in [2.75, 3.05) is 11.4 Å². The highest BCUT2D eigenvalue weighted by Gasteiger charge is 2.25. The number of thiazole rings is 1. The van der Waals surface area contributed by atoms with Crippen molar-refractivity contribution >= 4 is 50.0 Å². The first-order valence-corrected chi connectivity index (χ1v) is 7.05. The van der Waals surface area contributed by atoms with Crippen molar-refractivity contribution in [2.45, 2.75) is 33.3 Å². The Morgan fingerprint density at radius 2 is 2.18 bits per heavy atom. The average molecular weight is 342 g/mol. The minimum Gasteiger partial charge on any atom is -0.443 e. The van der Waals surface area contributed by atoms with Gasteiger partial charge in [-0.25, -0.2) is 9.78 Å². The number of ether oxygens (including phenoxy) is 1. The van der Waals surface area contributed by atoms with E-state index in [0.29, 0.717) is 20.6 Å². The normalized spacial score (nSPS) is 11.4. The predicted octanol–water partition coefficient (Wildman–Crippen LogP) is 4.32. The van der Waals surface area contributed by atoms with Crippen LogP contribution < -0.4 is 4.90 Å². The van der Waals surface area contributed by atoms with Gasteiger partial charge in [-0.2, -0.15) is 0 Å². The van der Waals surface area contributed by atoms with Gasteiger partial charge in [0.2, 0.25) is 0 Å². The van der Waals surface area contributed by atoms with Crippen molar-refractivity contribution in [3.8, 4) is 0 Å². The Balaban J connectivity index is 2.92. The monoisotopic (exact) mass is 340 g/mol. The van der Waals surface area contributed by atoms with Crippen LogP contribution in [0.3, 0.4) is 0 Å². The maximum Gasteiger partial charge on any atom is 0.415 e. The Hall–Kier alpha value is -0.330. The molecule has 7 heteroatoms. The first-order valence-electron chi connectivity index (χ1n) is 5.07. The van der Waals surface area contributed by atoms with Gasteiger partial charge in [-0.15, -0.1) is 0 Å². The number of carbonyl (C=O) groups excluding carboxylic acids is 1. The number of nitrogens with zero attached hydrogens (tertiary/aromatic N) is 2. The molecule has 96 valence electrons. The standard InChI is InChI=1S/C10H14BrClN2O2S/c1-5-14(9(15)16-10(2,3)4)7-6(12)13-8(11)17-7/h5H2,1-4H3. The minimum atomic E-state index is -0.529. The zero-order chi connectivity index (χ0) is 13.2. The van der Waals surface area contributed by atoms with Gasteiger partial charge >= 0.3 is 6.09 Å². The van der Waals surface area contributed by atoms with Gasteiger partial charge in [0.05, 0.1) is 0 Å².